The summed E-state index contributed by atoms with van der Waals surface area (Å²) in [5.74, 6) is -0.283. The summed E-state index contributed by atoms with van der Waals surface area (Å²) in [4.78, 5) is 34.1. The van der Waals surface area contributed by atoms with E-state index < -0.39 is 22.5 Å². The first-order valence-electron chi connectivity index (χ1n) is 9.22. The Bertz CT molecular complexity index is 908. The Morgan fingerprint density at radius 3 is 2.46 bits per heavy atom. The van der Waals surface area contributed by atoms with Crippen LogP contribution in [0.15, 0.2) is 42.5 Å². The van der Waals surface area contributed by atoms with Gasteiger partial charge in [-0.1, -0.05) is 31.5 Å². The summed E-state index contributed by atoms with van der Waals surface area (Å²) in [6.45, 7) is 2.95. The maximum atomic E-state index is 12.1. The van der Waals surface area contributed by atoms with Gasteiger partial charge in [0.05, 0.1) is 13.2 Å². The molecule has 0 fully saturated rings. The van der Waals surface area contributed by atoms with Crippen molar-refractivity contribution in [3.8, 4) is 11.5 Å². The monoisotopic (exact) mass is 383 g/mol. The SMILES string of the molecule is CCCc1ccccc1OCCCOc1ccc2c(c1)C(=O)C([N+](=O)[O-])C2=O. The maximum Gasteiger partial charge on any atom is 0.336 e. The zero-order chi connectivity index (χ0) is 20.1. The van der Waals surface area contributed by atoms with Crippen LogP contribution >= 0.6 is 0 Å². The maximum absolute atomic E-state index is 12.1. The third-order valence-electron chi connectivity index (χ3n) is 4.54. The van der Waals surface area contributed by atoms with Crippen LogP contribution in [-0.2, 0) is 6.42 Å². The fraction of sp³-hybridized carbons (Fsp3) is 0.333. The average molecular weight is 383 g/mol. The number of fused-ring (bicyclic) bond motifs is 1. The topological polar surface area (TPSA) is 95.7 Å². The van der Waals surface area contributed by atoms with Crippen LogP contribution in [0.25, 0.3) is 0 Å². The zero-order valence-electron chi connectivity index (χ0n) is 15.6. The normalized spacial score (nSPS) is 15.4. The van der Waals surface area contributed by atoms with Gasteiger partial charge in [0.1, 0.15) is 11.5 Å². The number of aryl methyl sites for hydroxylation is 1. The number of carbonyl (C=O) groups excluding carboxylic acids is 2. The minimum Gasteiger partial charge on any atom is -0.493 e. The van der Waals surface area contributed by atoms with Crippen molar-refractivity contribution in [1.82, 2.24) is 0 Å². The lowest BCUT2D eigenvalue weighted by Crippen LogP contribution is -2.31. The molecule has 0 heterocycles. The molecule has 0 saturated heterocycles. The number of hydrogen-bond donors (Lipinski definition) is 0. The van der Waals surface area contributed by atoms with Gasteiger partial charge in [-0.2, -0.15) is 0 Å². The summed E-state index contributed by atoms with van der Waals surface area (Å²) in [5, 5.41) is 10.9. The molecule has 28 heavy (non-hydrogen) atoms. The first kappa shape index (κ1) is 19.5. The highest BCUT2D eigenvalue weighted by molar-refractivity contribution is 6.28. The molecule has 146 valence electrons. The van der Waals surface area contributed by atoms with E-state index >= 15 is 0 Å². The number of nitrogens with zero attached hydrogens (tertiary/aromatic N) is 1. The van der Waals surface area contributed by atoms with Crippen molar-refractivity contribution < 1.29 is 24.0 Å². The number of hydrogen-bond acceptors (Lipinski definition) is 6. The molecule has 1 atom stereocenters. The van der Waals surface area contributed by atoms with Gasteiger partial charge in [-0.25, -0.2) is 0 Å². The van der Waals surface area contributed by atoms with Crippen molar-refractivity contribution in [2.45, 2.75) is 32.2 Å². The van der Waals surface area contributed by atoms with Crippen LogP contribution in [0.3, 0.4) is 0 Å². The molecular weight excluding hydrogens is 362 g/mol. The molecule has 2 aromatic carbocycles. The quantitative estimate of drug-likeness (QED) is 0.285. The van der Waals surface area contributed by atoms with E-state index in [4.69, 9.17) is 9.47 Å². The lowest BCUT2D eigenvalue weighted by Gasteiger charge is -2.11. The number of carbonyl (C=O) groups is 2. The van der Waals surface area contributed by atoms with Crippen LogP contribution in [-0.4, -0.2) is 35.7 Å². The minimum absolute atomic E-state index is 0.0499. The predicted octanol–water partition coefficient (Wildman–Crippen LogP) is 3.51. The Morgan fingerprint density at radius 1 is 1.00 bits per heavy atom. The lowest BCUT2D eigenvalue weighted by molar-refractivity contribution is -0.488. The van der Waals surface area contributed by atoms with E-state index in [0.29, 0.717) is 25.4 Å². The molecule has 0 saturated carbocycles. The van der Waals surface area contributed by atoms with E-state index in [2.05, 4.69) is 13.0 Å². The Balaban J connectivity index is 1.53. The summed E-state index contributed by atoms with van der Waals surface area (Å²) in [6, 6.07) is 10.4. The molecule has 1 aliphatic carbocycles. The third-order valence-corrected chi connectivity index (χ3v) is 4.54. The van der Waals surface area contributed by atoms with Gasteiger partial charge in [0.15, 0.2) is 0 Å². The van der Waals surface area contributed by atoms with E-state index in [-0.39, 0.29) is 11.1 Å². The van der Waals surface area contributed by atoms with Gasteiger partial charge < -0.3 is 9.47 Å². The highest BCUT2D eigenvalue weighted by Crippen LogP contribution is 2.28. The first-order valence-corrected chi connectivity index (χ1v) is 9.22. The van der Waals surface area contributed by atoms with Crippen molar-refractivity contribution in [3.63, 3.8) is 0 Å². The fourth-order valence-corrected chi connectivity index (χ4v) is 3.19. The van der Waals surface area contributed by atoms with E-state index in [0.717, 1.165) is 18.6 Å². The van der Waals surface area contributed by atoms with E-state index in [9.17, 15) is 19.7 Å². The third kappa shape index (κ3) is 4.03. The van der Waals surface area contributed by atoms with Gasteiger partial charge in [0.2, 0.25) is 11.6 Å². The molecule has 3 rings (SSSR count). The van der Waals surface area contributed by atoms with Gasteiger partial charge >= 0.3 is 6.04 Å². The van der Waals surface area contributed by atoms with Crippen molar-refractivity contribution in [3.05, 3.63) is 69.3 Å². The molecule has 0 N–H and O–H groups in total. The summed E-state index contributed by atoms with van der Waals surface area (Å²) in [7, 11) is 0. The molecule has 0 bridgehead atoms. The molecule has 7 nitrogen and oxygen atoms in total. The average Bonchev–Trinajstić information content (AvgIpc) is 2.93. The van der Waals surface area contributed by atoms with Gasteiger partial charge in [-0.15, -0.1) is 0 Å². The van der Waals surface area contributed by atoms with Crippen molar-refractivity contribution >= 4 is 11.6 Å². The summed E-state index contributed by atoms with van der Waals surface area (Å²) in [6.07, 6.45) is 2.63. The molecule has 1 aliphatic rings. The molecule has 0 amide bonds. The van der Waals surface area contributed by atoms with Crippen molar-refractivity contribution in [1.29, 1.82) is 0 Å². The van der Waals surface area contributed by atoms with Gasteiger partial charge in [0.25, 0.3) is 0 Å². The molecule has 0 spiro atoms. The van der Waals surface area contributed by atoms with Crippen molar-refractivity contribution in [2.24, 2.45) is 0 Å². The molecule has 2 aromatic rings. The Morgan fingerprint density at radius 2 is 1.71 bits per heavy atom. The van der Waals surface area contributed by atoms with Crippen LogP contribution in [0.5, 0.6) is 11.5 Å². The largest absolute Gasteiger partial charge is 0.493 e. The lowest BCUT2D eigenvalue weighted by atomic mass is 10.1. The van der Waals surface area contributed by atoms with Crippen LogP contribution in [0.1, 0.15) is 46.0 Å². The van der Waals surface area contributed by atoms with E-state index in [1.54, 1.807) is 6.07 Å². The fourth-order valence-electron chi connectivity index (χ4n) is 3.19. The van der Waals surface area contributed by atoms with E-state index in [1.807, 2.05) is 18.2 Å². The molecule has 0 aromatic heterocycles. The molecule has 0 aliphatic heterocycles. The molecule has 7 heteroatoms. The van der Waals surface area contributed by atoms with Crippen LogP contribution in [0, 0.1) is 10.1 Å². The molecular formula is C21H21NO6. The molecule has 1 unspecified atom stereocenters. The number of Topliss-reactive ketones (excluding diaryl/α,β-unsaturated/α-hetero) is 2. The van der Waals surface area contributed by atoms with Gasteiger partial charge in [-0.05, 0) is 36.2 Å². The summed E-state index contributed by atoms with van der Waals surface area (Å²) >= 11 is 0. The van der Waals surface area contributed by atoms with E-state index in [1.165, 1.54) is 17.7 Å². The second-order valence-electron chi connectivity index (χ2n) is 6.53. The first-order chi connectivity index (χ1) is 13.5. The Kier molecular flexibility index (Phi) is 6.03. The van der Waals surface area contributed by atoms with Crippen LogP contribution in [0.4, 0.5) is 0 Å². The van der Waals surface area contributed by atoms with Crippen LogP contribution in [0.2, 0.25) is 0 Å². The highest BCUT2D eigenvalue weighted by Gasteiger charge is 2.47. The Hall–Kier alpha value is -3.22. The Labute approximate surface area is 162 Å². The standard InChI is InChI=1S/C21H21NO6/c1-2-6-14-7-3-4-8-18(14)28-12-5-11-27-15-9-10-16-17(13-15)21(24)19(20(16)23)22(25)26/h3-4,7-10,13,19H,2,5-6,11-12H2,1H3. The zero-order valence-corrected chi connectivity index (χ0v) is 15.6. The van der Waals surface area contributed by atoms with Gasteiger partial charge in [0, 0.05) is 22.5 Å². The number of para-hydroxylation sites is 1. The smallest absolute Gasteiger partial charge is 0.336 e. The summed E-state index contributed by atoms with van der Waals surface area (Å²) in [5.41, 5.74) is 1.30. The number of ether oxygens (including phenoxy) is 2. The number of rotatable bonds is 9. The number of benzene rings is 2. The van der Waals surface area contributed by atoms with Gasteiger partial charge in [-0.3, -0.25) is 19.7 Å². The van der Waals surface area contributed by atoms with Crippen molar-refractivity contribution in [2.75, 3.05) is 13.2 Å². The summed E-state index contributed by atoms with van der Waals surface area (Å²) < 4.78 is 11.4. The second kappa shape index (κ2) is 8.65. The number of ketones is 2. The minimum atomic E-state index is -1.83. The highest BCUT2D eigenvalue weighted by atomic mass is 16.6. The molecule has 0 radical (unpaired) electrons. The van der Waals surface area contributed by atoms with Crippen LogP contribution < -0.4 is 9.47 Å². The predicted molar refractivity (Wildman–Crippen MR) is 102 cm³/mol. The number of nitro groups is 1. The second-order valence-corrected chi connectivity index (χ2v) is 6.53.